The van der Waals surface area contributed by atoms with Crippen molar-refractivity contribution in [2.24, 2.45) is 0 Å². The molecule has 1 fully saturated rings. The summed E-state index contributed by atoms with van der Waals surface area (Å²) in [4.78, 5) is 17.7. The van der Waals surface area contributed by atoms with Gasteiger partial charge in [-0.2, -0.15) is 0 Å². The van der Waals surface area contributed by atoms with Crippen LogP contribution >= 0.6 is 0 Å². The Hall–Kier alpha value is -3.55. The molecule has 3 heterocycles. The Kier molecular flexibility index (Phi) is 5.16. The number of ether oxygens (including phenoxy) is 3. The summed E-state index contributed by atoms with van der Waals surface area (Å²) in [5, 5.41) is 10.3. The SMILES string of the molecule is COc1ccc(C(=O)N2C[C@H]3[C@@H](c4ccccc42)[C@@H](CO)N3Cc2ccc3c(c2)OCO3)cc1. The zero-order chi connectivity index (χ0) is 23.2. The average Bonchev–Trinajstić information content (AvgIpc) is 3.35. The van der Waals surface area contributed by atoms with Crippen molar-refractivity contribution in [2.45, 2.75) is 24.5 Å². The van der Waals surface area contributed by atoms with E-state index in [9.17, 15) is 9.90 Å². The van der Waals surface area contributed by atoms with Crippen LogP contribution in [-0.2, 0) is 6.54 Å². The van der Waals surface area contributed by atoms with Gasteiger partial charge in [0.25, 0.3) is 5.91 Å². The second-order valence-corrected chi connectivity index (χ2v) is 8.91. The lowest BCUT2D eigenvalue weighted by atomic mass is 9.71. The highest BCUT2D eigenvalue weighted by Crippen LogP contribution is 2.49. The smallest absolute Gasteiger partial charge is 0.258 e. The predicted molar refractivity (Wildman–Crippen MR) is 127 cm³/mol. The van der Waals surface area contributed by atoms with Crippen LogP contribution in [0.5, 0.6) is 17.2 Å². The number of nitrogens with zero attached hydrogens (tertiary/aromatic N) is 2. The molecule has 174 valence electrons. The van der Waals surface area contributed by atoms with Gasteiger partial charge in [0.2, 0.25) is 6.79 Å². The minimum Gasteiger partial charge on any atom is -0.497 e. The number of para-hydroxylation sites is 1. The van der Waals surface area contributed by atoms with Crippen molar-refractivity contribution in [2.75, 3.05) is 32.0 Å². The van der Waals surface area contributed by atoms with E-state index in [-0.39, 0.29) is 37.3 Å². The fourth-order valence-corrected chi connectivity index (χ4v) is 5.53. The maximum absolute atomic E-state index is 13.6. The third-order valence-electron chi connectivity index (χ3n) is 7.21. The van der Waals surface area contributed by atoms with E-state index in [4.69, 9.17) is 14.2 Å². The van der Waals surface area contributed by atoms with Crippen LogP contribution in [0.1, 0.15) is 27.4 Å². The summed E-state index contributed by atoms with van der Waals surface area (Å²) in [6.45, 7) is 1.53. The number of hydrogen-bond acceptors (Lipinski definition) is 6. The lowest BCUT2D eigenvalue weighted by Crippen LogP contribution is -2.68. The molecule has 3 aromatic carbocycles. The van der Waals surface area contributed by atoms with Gasteiger partial charge in [0, 0.05) is 42.3 Å². The van der Waals surface area contributed by atoms with E-state index in [1.165, 1.54) is 0 Å². The summed E-state index contributed by atoms with van der Waals surface area (Å²) in [6.07, 6.45) is 0. The van der Waals surface area contributed by atoms with E-state index >= 15 is 0 Å². The second-order valence-electron chi connectivity index (χ2n) is 8.91. The van der Waals surface area contributed by atoms with Crippen molar-refractivity contribution in [1.29, 1.82) is 0 Å². The number of amides is 1. The topological polar surface area (TPSA) is 71.5 Å². The number of methoxy groups -OCH3 is 1. The highest BCUT2D eigenvalue weighted by molar-refractivity contribution is 6.07. The van der Waals surface area contributed by atoms with E-state index in [1.54, 1.807) is 19.2 Å². The van der Waals surface area contributed by atoms with Crippen LogP contribution < -0.4 is 19.1 Å². The first-order valence-electron chi connectivity index (χ1n) is 11.5. The molecule has 3 aliphatic heterocycles. The van der Waals surface area contributed by atoms with Crippen LogP contribution in [0.15, 0.2) is 66.7 Å². The number of aliphatic hydroxyl groups excluding tert-OH is 1. The summed E-state index contributed by atoms with van der Waals surface area (Å²) in [5.74, 6) is 2.36. The number of likely N-dealkylation sites (tertiary alicyclic amines) is 1. The third-order valence-corrected chi connectivity index (χ3v) is 7.21. The molecular weight excluding hydrogens is 432 g/mol. The lowest BCUT2D eigenvalue weighted by Gasteiger charge is -2.59. The standard InChI is InChI=1S/C27H26N2O5/c1-32-19-9-7-18(8-10-19)27(31)29-14-22-26(20-4-2-3-5-21(20)29)23(15-30)28(22)13-17-6-11-24-25(12-17)34-16-33-24/h2-12,22-23,26,30H,13-16H2,1H3/t22-,23+,26+/m0/s1. The molecule has 1 saturated heterocycles. The van der Waals surface area contributed by atoms with Crippen LogP contribution in [0.4, 0.5) is 5.69 Å². The fourth-order valence-electron chi connectivity index (χ4n) is 5.53. The Morgan fingerprint density at radius 1 is 1.06 bits per heavy atom. The Morgan fingerprint density at radius 3 is 2.65 bits per heavy atom. The van der Waals surface area contributed by atoms with Crippen molar-refractivity contribution in [3.63, 3.8) is 0 Å². The monoisotopic (exact) mass is 458 g/mol. The van der Waals surface area contributed by atoms with Crippen molar-refractivity contribution in [3.05, 3.63) is 83.4 Å². The molecule has 0 aromatic heterocycles. The molecule has 34 heavy (non-hydrogen) atoms. The van der Waals surface area contributed by atoms with E-state index in [0.717, 1.165) is 34.1 Å². The minimum absolute atomic E-state index is 0.00480. The van der Waals surface area contributed by atoms with Gasteiger partial charge in [0.05, 0.1) is 13.7 Å². The first-order valence-corrected chi connectivity index (χ1v) is 11.5. The van der Waals surface area contributed by atoms with Gasteiger partial charge in [0.15, 0.2) is 11.5 Å². The molecule has 0 spiro atoms. The van der Waals surface area contributed by atoms with Gasteiger partial charge in [-0.05, 0) is 53.6 Å². The minimum atomic E-state index is -0.0379. The number of aliphatic hydroxyl groups is 1. The van der Waals surface area contributed by atoms with Gasteiger partial charge in [-0.3, -0.25) is 9.69 Å². The van der Waals surface area contributed by atoms with Crippen LogP contribution in [0.25, 0.3) is 0 Å². The van der Waals surface area contributed by atoms with Crippen molar-refractivity contribution in [1.82, 2.24) is 4.90 Å². The molecule has 0 radical (unpaired) electrons. The second kappa shape index (κ2) is 8.34. The van der Waals surface area contributed by atoms with Crippen LogP contribution in [-0.4, -0.2) is 55.1 Å². The van der Waals surface area contributed by atoms with Gasteiger partial charge in [-0.15, -0.1) is 0 Å². The molecule has 0 saturated carbocycles. The lowest BCUT2D eigenvalue weighted by molar-refractivity contribution is -0.0488. The summed E-state index contributed by atoms with van der Waals surface area (Å²) in [6, 6.07) is 21.3. The van der Waals surface area contributed by atoms with E-state index in [2.05, 4.69) is 11.0 Å². The first-order chi connectivity index (χ1) is 16.7. The molecule has 3 aliphatic rings. The Bertz CT molecular complexity index is 1230. The number of benzene rings is 3. The number of carbonyl (C=O) groups excluding carboxylic acids is 1. The Morgan fingerprint density at radius 2 is 1.85 bits per heavy atom. The quantitative estimate of drug-likeness (QED) is 0.632. The Labute approximate surface area is 198 Å². The fraction of sp³-hybridized carbons (Fsp3) is 0.296. The summed E-state index contributed by atoms with van der Waals surface area (Å²) >= 11 is 0. The predicted octanol–water partition coefficient (Wildman–Crippen LogP) is 3.41. The van der Waals surface area contributed by atoms with E-state index < -0.39 is 0 Å². The molecule has 1 amide bonds. The molecule has 0 bridgehead atoms. The number of anilines is 1. The van der Waals surface area contributed by atoms with E-state index in [0.29, 0.717) is 18.7 Å². The zero-order valence-corrected chi connectivity index (χ0v) is 18.9. The highest BCUT2D eigenvalue weighted by Gasteiger charge is 2.53. The highest BCUT2D eigenvalue weighted by atomic mass is 16.7. The number of hydrogen-bond donors (Lipinski definition) is 1. The first kappa shape index (κ1) is 21.0. The summed E-state index contributed by atoms with van der Waals surface area (Å²) < 4.78 is 16.2. The normalized spacial score (nSPS) is 22.5. The summed E-state index contributed by atoms with van der Waals surface area (Å²) in [5.41, 5.74) is 3.75. The maximum Gasteiger partial charge on any atom is 0.258 e. The van der Waals surface area contributed by atoms with Crippen molar-refractivity contribution < 1.29 is 24.1 Å². The van der Waals surface area contributed by atoms with Gasteiger partial charge in [-0.1, -0.05) is 24.3 Å². The number of carbonyl (C=O) groups is 1. The number of rotatable bonds is 5. The zero-order valence-electron chi connectivity index (χ0n) is 18.9. The molecule has 7 heteroatoms. The molecule has 3 atom stereocenters. The van der Waals surface area contributed by atoms with Gasteiger partial charge < -0.3 is 24.2 Å². The largest absolute Gasteiger partial charge is 0.497 e. The molecule has 0 unspecified atom stereocenters. The van der Waals surface area contributed by atoms with Gasteiger partial charge in [-0.25, -0.2) is 0 Å². The summed E-state index contributed by atoms with van der Waals surface area (Å²) in [7, 11) is 1.61. The van der Waals surface area contributed by atoms with Crippen LogP contribution in [0.2, 0.25) is 0 Å². The van der Waals surface area contributed by atoms with Crippen LogP contribution in [0, 0.1) is 0 Å². The van der Waals surface area contributed by atoms with Crippen molar-refractivity contribution in [3.8, 4) is 17.2 Å². The molecule has 7 nitrogen and oxygen atoms in total. The van der Waals surface area contributed by atoms with Gasteiger partial charge in [0.1, 0.15) is 5.75 Å². The van der Waals surface area contributed by atoms with Crippen LogP contribution in [0.3, 0.4) is 0 Å². The molecule has 3 aromatic rings. The molecule has 1 N–H and O–H groups in total. The Balaban J connectivity index is 1.31. The molecule has 0 aliphatic carbocycles. The van der Waals surface area contributed by atoms with E-state index in [1.807, 2.05) is 53.4 Å². The number of fused-ring (bicyclic) bond motifs is 4. The maximum atomic E-state index is 13.6. The average molecular weight is 459 g/mol. The van der Waals surface area contributed by atoms with Gasteiger partial charge >= 0.3 is 0 Å². The molecular formula is C27H26N2O5. The molecule has 6 rings (SSSR count). The third kappa shape index (κ3) is 3.31. The van der Waals surface area contributed by atoms with Crippen molar-refractivity contribution >= 4 is 11.6 Å².